The molecule has 0 unspecified atom stereocenters. The van der Waals surface area contributed by atoms with Crippen molar-refractivity contribution in [3.8, 4) is 0 Å². The molecule has 0 aliphatic rings. The van der Waals surface area contributed by atoms with E-state index in [-0.39, 0.29) is 11.3 Å². The first-order valence-corrected chi connectivity index (χ1v) is 5.95. The molecule has 0 atom stereocenters. The van der Waals surface area contributed by atoms with Gasteiger partial charge in [0.2, 0.25) is 0 Å². The molecule has 1 aromatic rings. The summed E-state index contributed by atoms with van der Waals surface area (Å²) in [6, 6.07) is 1.37. The molecule has 1 rings (SSSR count). The molecular formula is C12H19N3O4. The van der Waals surface area contributed by atoms with Gasteiger partial charge in [0.25, 0.3) is 0 Å². The number of nitrogens with two attached hydrogens (primary N) is 1. The van der Waals surface area contributed by atoms with Gasteiger partial charge in [-0.15, -0.1) is 0 Å². The van der Waals surface area contributed by atoms with Gasteiger partial charge in [-0.1, -0.05) is 0 Å². The van der Waals surface area contributed by atoms with Crippen molar-refractivity contribution >= 4 is 17.5 Å². The highest BCUT2D eigenvalue weighted by atomic mass is 16.5. The van der Waals surface area contributed by atoms with Crippen LogP contribution in [0.5, 0.6) is 0 Å². The molecule has 1 heterocycles. The maximum atomic E-state index is 10.9. The van der Waals surface area contributed by atoms with Gasteiger partial charge < -0.3 is 25.6 Å². The first-order chi connectivity index (χ1) is 9.16. The Balaban J connectivity index is 2.33. The smallest absolute Gasteiger partial charge is 0.337 e. The average Bonchev–Trinajstić information content (AvgIpc) is 2.39. The minimum absolute atomic E-state index is 0.0499. The summed E-state index contributed by atoms with van der Waals surface area (Å²) in [6.07, 6.45) is 2.18. The lowest BCUT2D eigenvalue weighted by Crippen LogP contribution is -2.12. The molecule has 1 aromatic heterocycles. The Hall–Kier alpha value is -1.86. The fourth-order valence-corrected chi connectivity index (χ4v) is 1.43. The number of hydrogen-bond acceptors (Lipinski definition) is 6. The Kier molecular flexibility index (Phi) is 6.62. The van der Waals surface area contributed by atoms with E-state index < -0.39 is 5.97 Å². The van der Waals surface area contributed by atoms with Gasteiger partial charge in [0, 0.05) is 26.5 Å². The van der Waals surface area contributed by atoms with Crippen LogP contribution >= 0.6 is 0 Å². The van der Waals surface area contributed by atoms with Crippen LogP contribution in [-0.2, 0) is 9.47 Å². The summed E-state index contributed by atoms with van der Waals surface area (Å²) >= 11 is 0. The van der Waals surface area contributed by atoms with Crippen LogP contribution in [0, 0.1) is 0 Å². The van der Waals surface area contributed by atoms with E-state index in [0.29, 0.717) is 32.2 Å². The minimum Gasteiger partial charge on any atom is -0.478 e. The number of aromatic nitrogens is 1. The average molecular weight is 269 g/mol. The number of hydrogen-bond donors (Lipinski definition) is 3. The molecule has 0 bridgehead atoms. The number of rotatable bonds is 9. The van der Waals surface area contributed by atoms with Crippen LogP contribution in [0.1, 0.15) is 16.8 Å². The number of methoxy groups -OCH3 is 1. The van der Waals surface area contributed by atoms with Gasteiger partial charge in [-0.2, -0.15) is 0 Å². The Morgan fingerprint density at radius 3 is 2.95 bits per heavy atom. The number of carboxylic acid groups (broad SMARTS) is 1. The highest BCUT2D eigenvalue weighted by Crippen LogP contribution is 2.19. The van der Waals surface area contributed by atoms with Gasteiger partial charge in [-0.05, 0) is 12.5 Å². The standard InChI is InChI=1S/C12H19N3O4/c1-18-7-8-19-6-2-4-14-11-10(13)9(12(16)17)3-5-15-11/h3,5H,2,4,6-8,13H2,1H3,(H,14,15)(H,16,17). The maximum absolute atomic E-state index is 10.9. The predicted octanol–water partition coefficient (Wildman–Crippen LogP) is 0.827. The first-order valence-electron chi connectivity index (χ1n) is 5.95. The van der Waals surface area contributed by atoms with Gasteiger partial charge in [-0.25, -0.2) is 9.78 Å². The SMILES string of the molecule is COCCOCCCNc1nccc(C(=O)O)c1N. The normalized spacial score (nSPS) is 10.4. The van der Waals surface area contributed by atoms with Crippen molar-refractivity contribution in [1.29, 1.82) is 0 Å². The molecule has 106 valence electrons. The van der Waals surface area contributed by atoms with Gasteiger partial charge in [0.15, 0.2) is 0 Å². The number of aromatic carboxylic acids is 1. The van der Waals surface area contributed by atoms with Crippen LogP contribution < -0.4 is 11.1 Å². The van der Waals surface area contributed by atoms with Crippen molar-refractivity contribution in [2.24, 2.45) is 0 Å². The van der Waals surface area contributed by atoms with Gasteiger partial charge >= 0.3 is 5.97 Å². The van der Waals surface area contributed by atoms with Crippen LogP contribution in [0.3, 0.4) is 0 Å². The highest BCUT2D eigenvalue weighted by Gasteiger charge is 2.11. The number of anilines is 2. The monoisotopic (exact) mass is 269 g/mol. The molecule has 0 amide bonds. The van der Waals surface area contributed by atoms with Gasteiger partial charge in [0.1, 0.15) is 5.82 Å². The third-order valence-electron chi connectivity index (χ3n) is 2.41. The van der Waals surface area contributed by atoms with E-state index >= 15 is 0 Å². The van der Waals surface area contributed by atoms with E-state index in [4.69, 9.17) is 20.3 Å². The second-order valence-electron chi connectivity index (χ2n) is 3.81. The topological polar surface area (TPSA) is 107 Å². The fourth-order valence-electron chi connectivity index (χ4n) is 1.43. The Labute approximate surface area is 111 Å². The molecule has 4 N–H and O–H groups in total. The van der Waals surface area contributed by atoms with Crippen LogP contribution in [0.2, 0.25) is 0 Å². The lowest BCUT2D eigenvalue weighted by molar-refractivity contribution is 0.0697. The minimum atomic E-state index is -1.06. The van der Waals surface area contributed by atoms with Crippen molar-refractivity contribution in [1.82, 2.24) is 4.98 Å². The molecule has 19 heavy (non-hydrogen) atoms. The number of pyridine rings is 1. The zero-order chi connectivity index (χ0) is 14.1. The molecule has 0 saturated heterocycles. The molecule has 0 radical (unpaired) electrons. The molecule has 0 aliphatic carbocycles. The molecule has 0 aliphatic heterocycles. The third-order valence-corrected chi connectivity index (χ3v) is 2.41. The fraction of sp³-hybridized carbons (Fsp3) is 0.500. The van der Waals surface area contributed by atoms with E-state index in [1.54, 1.807) is 7.11 Å². The number of nitrogens with zero attached hydrogens (tertiary/aromatic N) is 1. The van der Waals surface area contributed by atoms with E-state index in [2.05, 4.69) is 10.3 Å². The Morgan fingerprint density at radius 2 is 2.26 bits per heavy atom. The largest absolute Gasteiger partial charge is 0.478 e. The zero-order valence-electron chi connectivity index (χ0n) is 10.9. The Bertz CT molecular complexity index is 412. The zero-order valence-corrected chi connectivity index (χ0v) is 10.9. The first kappa shape index (κ1) is 15.2. The van der Waals surface area contributed by atoms with E-state index in [0.717, 1.165) is 6.42 Å². The second kappa shape index (κ2) is 8.28. The van der Waals surface area contributed by atoms with Crippen molar-refractivity contribution in [2.75, 3.05) is 44.5 Å². The van der Waals surface area contributed by atoms with E-state index in [1.165, 1.54) is 12.3 Å². The molecule has 7 heteroatoms. The molecule has 0 saturated carbocycles. The quantitative estimate of drug-likeness (QED) is 0.570. The molecule has 0 spiro atoms. The van der Waals surface area contributed by atoms with Crippen LogP contribution in [0.15, 0.2) is 12.3 Å². The Morgan fingerprint density at radius 1 is 1.47 bits per heavy atom. The molecular weight excluding hydrogens is 250 g/mol. The maximum Gasteiger partial charge on any atom is 0.337 e. The van der Waals surface area contributed by atoms with Crippen molar-refractivity contribution in [3.63, 3.8) is 0 Å². The van der Waals surface area contributed by atoms with Crippen LogP contribution in [0.25, 0.3) is 0 Å². The highest BCUT2D eigenvalue weighted by molar-refractivity contribution is 5.96. The van der Waals surface area contributed by atoms with Crippen molar-refractivity contribution in [2.45, 2.75) is 6.42 Å². The second-order valence-corrected chi connectivity index (χ2v) is 3.81. The summed E-state index contributed by atoms with van der Waals surface area (Å²) in [4.78, 5) is 14.9. The van der Waals surface area contributed by atoms with Crippen LogP contribution in [-0.4, -0.2) is 49.5 Å². The lowest BCUT2D eigenvalue weighted by atomic mass is 10.2. The number of nitrogens with one attached hydrogen (secondary N) is 1. The van der Waals surface area contributed by atoms with Crippen molar-refractivity contribution < 1.29 is 19.4 Å². The van der Waals surface area contributed by atoms with Gasteiger partial charge in [-0.3, -0.25) is 0 Å². The van der Waals surface area contributed by atoms with Gasteiger partial charge in [0.05, 0.1) is 24.5 Å². The summed E-state index contributed by atoms with van der Waals surface area (Å²) in [7, 11) is 1.62. The van der Waals surface area contributed by atoms with Crippen LogP contribution in [0.4, 0.5) is 11.5 Å². The summed E-state index contributed by atoms with van der Waals surface area (Å²) in [5.74, 6) is -0.678. The number of ether oxygens (including phenoxy) is 2. The summed E-state index contributed by atoms with van der Waals surface area (Å²) in [5, 5.41) is 11.9. The summed E-state index contributed by atoms with van der Waals surface area (Å²) in [6.45, 7) is 2.33. The van der Waals surface area contributed by atoms with Crippen molar-refractivity contribution in [3.05, 3.63) is 17.8 Å². The summed E-state index contributed by atoms with van der Waals surface area (Å²) in [5.41, 5.74) is 5.91. The van der Waals surface area contributed by atoms with E-state index in [9.17, 15) is 4.79 Å². The number of carbonyl (C=O) groups is 1. The molecule has 0 aromatic carbocycles. The lowest BCUT2D eigenvalue weighted by Gasteiger charge is -2.10. The van der Waals surface area contributed by atoms with E-state index in [1.807, 2.05) is 0 Å². The molecule has 0 fully saturated rings. The predicted molar refractivity (Wildman–Crippen MR) is 71.4 cm³/mol. The third kappa shape index (κ3) is 5.11. The molecule has 7 nitrogen and oxygen atoms in total. The summed E-state index contributed by atoms with van der Waals surface area (Å²) < 4.78 is 10.1. The number of nitrogen functional groups attached to an aromatic ring is 1. The number of carboxylic acids is 1.